The number of β-amino-alcohol motifs (C(OH)–C–C–N with tert-alkyl or cyclic N) is 1. The standard InChI is InChI=1S/C21H23NO4/c1-26-20(25)21(9-10-21)19(24)22-11-8-17(18(23)13-22)16-7-6-14-4-2-3-5-15(14)12-16/h2-7,12,17-18,23H,8-11,13H2,1H3/t17-,18+/m1/s1. The number of rotatable bonds is 3. The Morgan fingerprint density at radius 2 is 1.88 bits per heavy atom. The fourth-order valence-electron chi connectivity index (χ4n) is 4.07. The predicted molar refractivity (Wildman–Crippen MR) is 97.6 cm³/mol. The summed E-state index contributed by atoms with van der Waals surface area (Å²) in [5.41, 5.74) is 0.0990. The lowest BCUT2D eigenvalue weighted by Crippen LogP contribution is -2.50. The van der Waals surface area contributed by atoms with Crippen molar-refractivity contribution in [1.29, 1.82) is 0 Å². The van der Waals surface area contributed by atoms with Gasteiger partial charge in [-0.2, -0.15) is 0 Å². The van der Waals surface area contributed by atoms with E-state index in [1.54, 1.807) is 4.90 Å². The van der Waals surface area contributed by atoms with E-state index in [0.29, 0.717) is 25.8 Å². The smallest absolute Gasteiger partial charge is 0.321 e. The molecule has 1 saturated carbocycles. The molecule has 2 aromatic rings. The van der Waals surface area contributed by atoms with Crippen molar-refractivity contribution in [3.63, 3.8) is 0 Å². The minimum absolute atomic E-state index is 0.00284. The Hall–Kier alpha value is -2.40. The number of carbonyl (C=O) groups excluding carboxylic acids is 2. The van der Waals surface area contributed by atoms with E-state index in [0.717, 1.165) is 10.9 Å². The summed E-state index contributed by atoms with van der Waals surface area (Å²) >= 11 is 0. The SMILES string of the molecule is COC(=O)C1(C(=O)N2CC[C@H](c3ccc4ccccc4c3)[C@@H](O)C2)CC1. The summed E-state index contributed by atoms with van der Waals surface area (Å²) in [4.78, 5) is 26.3. The highest BCUT2D eigenvalue weighted by Gasteiger charge is 2.59. The number of carbonyl (C=O) groups is 2. The second-order valence-electron chi connectivity index (χ2n) is 7.39. The lowest BCUT2D eigenvalue weighted by molar-refractivity contribution is -0.157. The Morgan fingerprint density at radius 1 is 1.15 bits per heavy atom. The summed E-state index contributed by atoms with van der Waals surface area (Å²) in [6, 6.07) is 14.4. The van der Waals surface area contributed by atoms with E-state index >= 15 is 0 Å². The Morgan fingerprint density at radius 3 is 2.54 bits per heavy atom. The van der Waals surface area contributed by atoms with E-state index in [4.69, 9.17) is 4.74 Å². The second kappa shape index (κ2) is 6.40. The number of hydrogen-bond acceptors (Lipinski definition) is 4. The third-order valence-electron chi connectivity index (χ3n) is 5.81. The van der Waals surface area contributed by atoms with Gasteiger partial charge in [0.1, 0.15) is 5.41 Å². The van der Waals surface area contributed by atoms with Gasteiger partial charge in [-0.15, -0.1) is 0 Å². The third kappa shape index (κ3) is 2.76. The van der Waals surface area contributed by atoms with Crippen LogP contribution in [0.15, 0.2) is 42.5 Å². The number of benzene rings is 2. The number of esters is 1. The van der Waals surface area contributed by atoms with Crippen LogP contribution in [0.1, 0.15) is 30.7 Å². The minimum atomic E-state index is -0.996. The highest BCUT2D eigenvalue weighted by molar-refractivity contribution is 6.05. The number of methoxy groups -OCH3 is 1. The van der Waals surface area contributed by atoms with Gasteiger partial charge in [-0.3, -0.25) is 9.59 Å². The van der Waals surface area contributed by atoms with Crippen LogP contribution in [0.4, 0.5) is 0 Å². The van der Waals surface area contributed by atoms with Gasteiger partial charge in [0.25, 0.3) is 0 Å². The summed E-state index contributed by atoms with van der Waals surface area (Å²) < 4.78 is 4.80. The van der Waals surface area contributed by atoms with Gasteiger partial charge in [0, 0.05) is 19.0 Å². The molecule has 5 heteroatoms. The van der Waals surface area contributed by atoms with Crippen molar-refractivity contribution in [2.75, 3.05) is 20.2 Å². The first-order valence-electron chi connectivity index (χ1n) is 9.10. The molecule has 1 saturated heterocycles. The molecule has 26 heavy (non-hydrogen) atoms. The van der Waals surface area contributed by atoms with Crippen LogP contribution in [0.5, 0.6) is 0 Å². The number of hydrogen-bond donors (Lipinski definition) is 1. The number of likely N-dealkylation sites (tertiary alicyclic amines) is 1. The van der Waals surface area contributed by atoms with Gasteiger partial charge in [0.15, 0.2) is 0 Å². The predicted octanol–water partition coefficient (Wildman–Crippen LogP) is 2.47. The maximum Gasteiger partial charge on any atom is 0.321 e. The van der Waals surface area contributed by atoms with Crippen LogP contribution in [-0.2, 0) is 14.3 Å². The lowest BCUT2D eigenvalue weighted by Gasteiger charge is -2.37. The molecule has 2 aliphatic rings. The molecular formula is C21H23NO4. The second-order valence-corrected chi connectivity index (χ2v) is 7.39. The van der Waals surface area contributed by atoms with E-state index in [1.807, 2.05) is 12.1 Å². The van der Waals surface area contributed by atoms with Crippen molar-refractivity contribution in [3.8, 4) is 0 Å². The average Bonchev–Trinajstić information content (AvgIpc) is 3.48. The molecule has 2 atom stereocenters. The van der Waals surface area contributed by atoms with Crippen molar-refractivity contribution in [3.05, 3.63) is 48.0 Å². The van der Waals surface area contributed by atoms with E-state index in [1.165, 1.54) is 12.5 Å². The van der Waals surface area contributed by atoms with Crippen LogP contribution >= 0.6 is 0 Å². The molecule has 1 N–H and O–H groups in total. The van der Waals surface area contributed by atoms with Crippen LogP contribution in [0, 0.1) is 5.41 Å². The normalized spacial score (nSPS) is 24.3. The summed E-state index contributed by atoms with van der Waals surface area (Å²) in [6.07, 6.45) is 1.13. The zero-order valence-corrected chi connectivity index (χ0v) is 14.9. The number of ether oxygens (including phenoxy) is 1. The van der Waals surface area contributed by atoms with Gasteiger partial charge in [-0.05, 0) is 35.6 Å². The molecule has 2 aromatic carbocycles. The van der Waals surface area contributed by atoms with Gasteiger partial charge in [0.05, 0.1) is 13.2 Å². The Balaban J connectivity index is 1.49. The first kappa shape index (κ1) is 17.0. The molecule has 1 heterocycles. The molecule has 0 bridgehead atoms. The number of aliphatic hydroxyl groups is 1. The molecule has 5 nitrogen and oxygen atoms in total. The summed E-state index contributed by atoms with van der Waals surface area (Å²) in [5.74, 6) is -0.647. The number of fused-ring (bicyclic) bond motifs is 1. The largest absolute Gasteiger partial charge is 0.468 e. The zero-order valence-electron chi connectivity index (χ0n) is 14.9. The van der Waals surface area contributed by atoms with Crippen LogP contribution in [0.25, 0.3) is 10.8 Å². The van der Waals surface area contributed by atoms with Crippen molar-refractivity contribution in [2.24, 2.45) is 5.41 Å². The lowest BCUT2D eigenvalue weighted by atomic mass is 9.85. The van der Waals surface area contributed by atoms with Crippen LogP contribution in [-0.4, -0.2) is 48.2 Å². The van der Waals surface area contributed by atoms with Gasteiger partial charge in [-0.25, -0.2) is 0 Å². The molecule has 0 spiro atoms. The number of amides is 1. The monoisotopic (exact) mass is 353 g/mol. The van der Waals surface area contributed by atoms with Crippen LogP contribution in [0.2, 0.25) is 0 Å². The molecule has 1 aliphatic heterocycles. The molecule has 0 radical (unpaired) electrons. The number of nitrogens with zero attached hydrogens (tertiary/aromatic N) is 1. The number of aliphatic hydroxyl groups excluding tert-OH is 1. The number of piperidine rings is 1. The van der Waals surface area contributed by atoms with Crippen molar-refractivity contribution in [2.45, 2.75) is 31.3 Å². The molecule has 0 aromatic heterocycles. The molecular weight excluding hydrogens is 330 g/mol. The highest BCUT2D eigenvalue weighted by Crippen LogP contribution is 2.49. The first-order chi connectivity index (χ1) is 12.5. The van der Waals surface area contributed by atoms with Gasteiger partial charge in [0.2, 0.25) is 5.91 Å². The summed E-state index contributed by atoms with van der Waals surface area (Å²) in [7, 11) is 1.32. The Labute approximate surface area is 152 Å². The van der Waals surface area contributed by atoms with E-state index in [2.05, 4.69) is 30.3 Å². The fraction of sp³-hybridized carbons (Fsp3) is 0.429. The van der Waals surface area contributed by atoms with Crippen molar-refractivity contribution in [1.82, 2.24) is 4.90 Å². The first-order valence-corrected chi connectivity index (χ1v) is 9.10. The van der Waals surface area contributed by atoms with E-state index < -0.39 is 17.5 Å². The summed E-state index contributed by atoms with van der Waals surface area (Å²) in [5, 5.41) is 13.0. The highest BCUT2D eigenvalue weighted by atomic mass is 16.5. The maximum atomic E-state index is 12.8. The third-order valence-corrected chi connectivity index (χ3v) is 5.81. The topological polar surface area (TPSA) is 66.8 Å². The molecule has 136 valence electrons. The molecule has 1 amide bonds. The van der Waals surface area contributed by atoms with E-state index in [-0.39, 0.29) is 18.4 Å². The van der Waals surface area contributed by atoms with E-state index in [9.17, 15) is 14.7 Å². The molecule has 1 aliphatic carbocycles. The Bertz CT molecular complexity index is 858. The van der Waals surface area contributed by atoms with Gasteiger partial charge in [-0.1, -0.05) is 42.5 Å². The fourth-order valence-corrected chi connectivity index (χ4v) is 4.07. The van der Waals surface area contributed by atoms with Crippen LogP contribution < -0.4 is 0 Å². The van der Waals surface area contributed by atoms with Crippen molar-refractivity contribution >= 4 is 22.6 Å². The summed E-state index contributed by atoms with van der Waals surface area (Å²) in [6.45, 7) is 0.807. The minimum Gasteiger partial charge on any atom is -0.468 e. The van der Waals surface area contributed by atoms with Gasteiger partial charge >= 0.3 is 5.97 Å². The molecule has 0 unspecified atom stereocenters. The van der Waals surface area contributed by atoms with Crippen LogP contribution in [0.3, 0.4) is 0 Å². The Kier molecular flexibility index (Phi) is 4.19. The average molecular weight is 353 g/mol. The van der Waals surface area contributed by atoms with Gasteiger partial charge < -0.3 is 14.7 Å². The zero-order chi connectivity index (χ0) is 18.3. The van der Waals surface area contributed by atoms with Crippen molar-refractivity contribution < 1.29 is 19.4 Å². The molecule has 4 rings (SSSR count). The quantitative estimate of drug-likeness (QED) is 0.680. The molecule has 2 fully saturated rings. The maximum absolute atomic E-state index is 12.8.